The zero-order valence-corrected chi connectivity index (χ0v) is 13.7. The Kier molecular flexibility index (Phi) is 4.60. The molecule has 2 rings (SSSR count). The van der Waals surface area contributed by atoms with Crippen LogP contribution in [0.2, 0.25) is 0 Å². The summed E-state index contributed by atoms with van der Waals surface area (Å²) in [6.07, 6.45) is -0.00667. The van der Waals surface area contributed by atoms with E-state index >= 15 is 0 Å². The van der Waals surface area contributed by atoms with E-state index in [4.69, 9.17) is 10.5 Å². The second-order valence-electron chi connectivity index (χ2n) is 6.01. The number of anilines is 1. The van der Waals surface area contributed by atoms with Crippen molar-refractivity contribution < 1.29 is 13.2 Å². The molecule has 0 radical (unpaired) electrons. The number of morpholine rings is 1. The Morgan fingerprint density at radius 3 is 2.48 bits per heavy atom. The molecule has 0 aromatic heterocycles. The summed E-state index contributed by atoms with van der Waals surface area (Å²) in [5, 5.41) is 0. The predicted molar refractivity (Wildman–Crippen MR) is 84.4 cm³/mol. The number of hydrogen-bond donors (Lipinski definition) is 1. The smallest absolute Gasteiger partial charge is 0.178 e. The fourth-order valence-corrected chi connectivity index (χ4v) is 3.53. The van der Waals surface area contributed by atoms with Gasteiger partial charge in [-0.1, -0.05) is 6.92 Å². The number of sulfone groups is 1. The van der Waals surface area contributed by atoms with E-state index in [1.807, 2.05) is 26.0 Å². The molecule has 1 aromatic carbocycles. The highest BCUT2D eigenvalue weighted by atomic mass is 32.2. The monoisotopic (exact) mass is 312 g/mol. The largest absolute Gasteiger partial charge is 0.367 e. The van der Waals surface area contributed by atoms with E-state index in [1.165, 1.54) is 0 Å². The normalized spacial score (nSPS) is 22.3. The quantitative estimate of drug-likeness (QED) is 0.910. The van der Waals surface area contributed by atoms with Gasteiger partial charge in [0.15, 0.2) is 9.84 Å². The molecule has 5 nitrogen and oxygen atoms in total. The molecule has 6 heteroatoms. The van der Waals surface area contributed by atoms with Gasteiger partial charge in [-0.15, -0.1) is 0 Å². The second-order valence-corrected chi connectivity index (χ2v) is 8.29. The van der Waals surface area contributed by atoms with Gasteiger partial charge in [-0.25, -0.2) is 8.42 Å². The molecule has 1 aliphatic heterocycles. The first kappa shape index (κ1) is 16.3. The number of ether oxygens (including phenoxy) is 1. The van der Waals surface area contributed by atoms with Crippen molar-refractivity contribution in [1.29, 1.82) is 0 Å². The van der Waals surface area contributed by atoms with Crippen LogP contribution in [0.4, 0.5) is 5.69 Å². The van der Waals surface area contributed by atoms with Crippen LogP contribution in [0, 0.1) is 0 Å². The SMILES string of the molecule is CCS(=O)(=O)c1ccc(N2CC(CN)OC(C)(C)C2)cc1. The third-order valence-corrected chi connectivity index (χ3v) is 5.44. The molecule has 1 aliphatic rings. The van der Waals surface area contributed by atoms with Crippen molar-refractivity contribution in [2.75, 3.05) is 30.3 Å². The number of nitrogens with two attached hydrogens (primary N) is 1. The number of rotatable bonds is 4. The summed E-state index contributed by atoms with van der Waals surface area (Å²) in [6, 6.07) is 7.07. The molecular formula is C15H24N2O3S. The summed E-state index contributed by atoms with van der Waals surface area (Å²) in [4.78, 5) is 2.57. The molecule has 2 N–H and O–H groups in total. The summed E-state index contributed by atoms with van der Waals surface area (Å²) >= 11 is 0. The lowest BCUT2D eigenvalue weighted by Crippen LogP contribution is -2.54. The van der Waals surface area contributed by atoms with Crippen molar-refractivity contribution in [3.63, 3.8) is 0 Å². The van der Waals surface area contributed by atoms with Crippen LogP contribution in [0.1, 0.15) is 20.8 Å². The van der Waals surface area contributed by atoms with Gasteiger partial charge in [0.05, 0.1) is 22.4 Å². The Balaban J connectivity index is 2.22. The summed E-state index contributed by atoms with van der Waals surface area (Å²) in [5.74, 6) is 0.117. The molecule has 118 valence electrons. The van der Waals surface area contributed by atoms with Crippen LogP contribution >= 0.6 is 0 Å². The molecular weight excluding hydrogens is 288 g/mol. The standard InChI is InChI=1S/C15H24N2O3S/c1-4-21(18,19)14-7-5-12(6-8-14)17-10-13(9-16)20-15(2,3)11-17/h5-8,13H,4,9-11,16H2,1-3H3. The van der Waals surface area contributed by atoms with Gasteiger partial charge in [0.1, 0.15) is 0 Å². The Hall–Kier alpha value is -1.11. The predicted octanol–water partition coefficient (Wildman–Crippen LogP) is 1.42. The summed E-state index contributed by atoms with van der Waals surface area (Å²) in [5.41, 5.74) is 6.47. The molecule has 1 aromatic rings. The molecule has 0 bridgehead atoms. The molecule has 21 heavy (non-hydrogen) atoms. The third kappa shape index (κ3) is 3.75. The Bertz CT molecular complexity index is 581. The van der Waals surface area contributed by atoms with Crippen molar-refractivity contribution in [1.82, 2.24) is 0 Å². The van der Waals surface area contributed by atoms with Gasteiger partial charge in [-0.3, -0.25) is 0 Å². The minimum atomic E-state index is -3.15. The maximum atomic E-state index is 11.8. The average molecular weight is 312 g/mol. The molecule has 0 aliphatic carbocycles. The number of nitrogens with zero attached hydrogens (tertiary/aromatic N) is 1. The van der Waals surface area contributed by atoms with Gasteiger partial charge in [-0.2, -0.15) is 0 Å². The number of benzene rings is 1. The van der Waals surface area contributed by atoms with E-state index in [2.05, 4.69) is 4.90 Å². The molecule has 0 spiro atoms. The third-order valence-electron chi connectivity index (χ3n) is 3.69. The van der Waals surface area contributed by atoms with Crippen molar-refractivity contribution in [3.8, 4) is 0 Å². The molecule has 1 fully saturated rings. The van der Waals surface area contributed by atoms with Crippen LogP contribution in [0.15, 0.2) is 29.2 Å². The first-order chi connectivity index (χ1) is 9.77. The van der Waals surface area contributed by atoms with Crippen LogP contribution in [0.25, 0.3) is 0 Å². The van der Waals surface area contributed by atoms with E-state index in [9.17, 15) is 8.42 Å². The van der Waals surface area contributed by atoms with Crippen molar-refractivity contribution in [2.24, 2.45) is 5.73 Å². The number of hydrogen-bond acceptors (Lipinski definition) is 5. The fourth-order valence-electron chi connectivity index (χ4n) is 2.65. The highest BCUT2D eigenvalue weighted by Gasteiger charge is 2.32. The Morgan fingerprint density at radius 1 is 1.33 bits per heavy atom. The van der Waals surface area contributed by atoms with Crippen LogP contribution in [0.5, 0.6) is 0 Å². The maximum Gasteiger partial charge on any atom is 0.178 e. The highest BCUT2D eigenvalue weighted by Crippen LogP contribution is 2.26. The lowest BCUT2D eigenvalue weighted by Gasteiger charge is -2.43. The first-order valence-corrected chi connectivity index (χ1v) is 8.88. The summed E-state index contributed by atoms with van der Waals surface area (Å²) < 4.78 is 29.6. The molecule has 1 saturated heterocycles. The van der Waals surface area contributed by atoms with Crippen molar-refractivity contribution in [3.05, 3.63) is 24.3 Å². The van der Waals surface area contributed by atoms with E-state index in [0.717, 1.165) is 18.8 Å². The van der Waals surface area contributed by atoms with Crippen molar-refractivity contribution in [2.45, 2.75) is 37.4 Å². The zero-order chi connectivity index (χ0) is 15.7. The van der Waals surface area contributed by atoms with Gasteiger partial charge in [0, 0.05) is 25.3 Å². The minimum Gasteiger partial charge on any atom is -0.367 e. The average Bonchev–Trinajstić information content (AvgIpc) is 2.45. The van der Waals surface area contributed by atoms with Crippen LogP contribution in [-0.4, -0.2) is 45.5 Å². The van der Waals surface area contributed by atoms with Crippen molar-refractivity contribution >= 4 is 15.5 Å². The maximum absolute atomic E-state index is 11.8. The zero-order valence-electron chi connectivity index (χ0n) is 12.9. The van der Waals surface area contributed by atoms with Gasteiger partial charge < -0.3 is 15.4 Å². The Morgan fingerprint density at radius 2 is 1.95 bits per heavy atom. The van der Waals surface area contributed by atoms with E-state index < -0.39 is 9.84 Å². The highest BCUT2D eigenvalue weighted by molar-refractivity contribution is 7.91. The minimum absolute atomic E-state index is 0.00667. The van der Waals surface area contributed by atoms with Crippen LogP contribution in [-0.2, 0) is 14.6 Å². The van der Waals surface area contributed by atoms with E-state index in [0.29, 0.717) is 11.4 Å². The van der Waals surface area contributed by atoms with Crippen LogP contribution in [0.3, 0.4) is 0 Å². The first-order valence-electron chi connectivity index (χ1n) is 7.23. The van der Waals surface area contributed by atoms with E-state index in [1.54, 1.807) is 19.1 Å². The van der Waals surface area contributed by atoms with E-state index in [-0.39, 0.29) is 17.5 Å². The van der Waals surface area contributed by atoms with Gasteiger partial charge in [-0.05, 0) is 38.1 Å². The topological polar surface area (TPSA) is 72.6 Å². The lowest BCUT2D eigenvalue weighted by atomic mass is 10.0. The van der Waals surface area contributed by atoms with Crippen LogP contribution < -0.4 is 10.6 Å². The molecule has 1 atom stereocenters. The molecule has 1 heterocycles. The Labute approximate surface area is 127 Å². The molecule has 0 saturated carbocycles. The van der Waals surface area contributed by atoms with Gasteiger partial charge in [0.25, 0.3) is 0 Å². The lowest BCUT2D eigenvalue weighted by molar-refractivity contribution is -0.0788. The summed E-state index contributed by atoms with van der Waals surface area (Å²) in [7, 11) is -3.15. The second kappa shape index (κ2) is 5.94. The molecule has 1 unspecified atom stereocenters. The summed E-state index contributed by atoms with van der Waals surface area (Å²) in [6.45, 7) is 7.68. The fraction of sp³-hybridized carbons (Fsp3) is 0.600. The molecule has 0 amide bonds. The van der Waals surface area contributed by atoms with Gasteiger partial charge >= 0.3 is 0 Å². The van der Waals surface area contributed by atoms with Gasteiger partial charge in [0.2, 0.25) is 0 Å².